The monoisotopic (exact) mass is 284 g/mol. The second kappa shape index (κ2) is 6.70. The van der Waals surface area contributed by atoms with Crippen molar-refractivity contribution in [3.63, 3.8) is 0 Å². The molecule has 1 aromatic carbocycles. The van der Waals surface area contributed by atoms with E-state index in [0.29, 0.717) is 12.0 Å². The first-order chi connectivity index (χ1) is 8.87. The maximum absolute atomic E-state index is 11.7. The number of benzene rings is 1. The van der Waals surface area contributed by atoms with Crippen molar-refractivity contribution < 1.29 is 18.3 Å². The van der Waals surface area contributed by atoms with Crippen LogP contribution >= 0.6 is 0 Å². The van der Waals surface area contributed by atoms with Crippen LogP contribution in [0.5, 0.6) is 0 Å². The van der Waals surface area contributed by atoms with E-state index in [1.54, 1.807) is 19.1 Å². The van der Waals surface area contributed by atoms with Crippen LogP contribution in [0.3, 0.4) is 0 Å². The summed E-state index contributed by atoms with van der Waals surface area (Å²) in [5.41, 5.74) is 1.57. The Bertz CT molecular complexity index is 534. The molecule has 0 saturated carbocycles. The molecule has 1 aromatic rings. The van der Waals surface area contributed by atoms with Crippen molar-refractivity contribution >= 4 is 15.8 Å². The third-order valence-electron chi connectivity index (χ3n) is 3.09. The minimum atomic E-state index is -3.14. The summed E-state index contributed by atoms with van der Waals surface area (Å²) in [4.78, 5) is 11.3. The van der Waals surface area contributed by atoms with Gasteiger partial charge in [-0.25, -0.2) is 8.42 Å². The Kier molecular flexibility index (Phi) is 5.54. The lowest BCUT2D eigenvalue weighted by Crippen LogP contribution is -2.19. The third kappa shape index (κ3) is 4.67. The number of carboxylic acid groups (broad SMARTS) is 1. The van der Waals surface area contributed by atoms with E-state index in [9.17, 15) is 18.3 Å². The summed E-state index contributed by atoms with van der Waals surface area (Å²) in [7, 11) is -3.14. The maximum Gasteiger partial charge on any atom is 0.311 e. The summed E-state index contributed by atoms with van der Waals surface area (Å²) in [6.07, 6.45) is 0.687. The van der Waals surface area contributed by atoms with Crippen molar-refractivity contribution in [3.05, 3.63) is 35.4 Å². The maximum atomic E-state index is 11.7. The summed E-state index contributed by atoms with van der Waals surface area (Å²) < 4.78 is 23.4. The zero-order valence-corrected chi connectivity index (χ0v) is 12.1. The minimum absolute atomic E-state index is 0.0772. The molecule has 0 bridgehead atoms. The molecule has 1 rings (SSSR count). The molecule has 106 valence electrons. The molecule has 0 aliphatic rings. The van der Waals surface area contributed by atoms with Gasteiger partial charge in [0.05, 0.1) is 11.7 Å². The van der Waals surface area contributed by atoms with Crippen LogP contribution in [0.4, 0.5) is 0 Å². The van der Waals surface area contributed by atoms with Gasteiger partial charge in [0.1, 0.15) is 9.84 Å². The van der Waals surface area contributed by atoms with Crippen molar-refractivity contribution in [2.45, 2.75) is 32.6 Å². The highest BCUT2D eigenvalue weighted by Crippen LogP contribution is 2.24. The van der Waals surface area contributed by atoms with Crippen molar-refractivity contribution in [2.24, 2.45) is 0 Å². The Morgan fingerprint density at radius 1 is 1.26 bits per heavy atom. The normalized spacial score (nSPS) is 13.2. The minimum Gasteiger partial charge on any atom is -0.481 e. The molecule has 0 aliphatic carbocycles. The number of aliphatic carboxylic acids is 1. The van der Waals surface area contributed by atoms with E-state index >= 15 is 0 Å². The lowest BCUT2D eigenvalue weighted by molar-refractivity contribution is -0.138. The number of rotatable bonds is 7. The molecule has 0 saturated heterocycles. The number of hydrogen-bond donors (Lipinski definition) is 1. The van der Waals surface area contributed by atoms with Crippen molar-refractivity contribution in [1.82, 2.24) is 0 Å². The van der Waals surface area contributed by atoms with Crippen molar-refractivity contribution in [3.8, 4) is 0 Å². The summed E-state index contributed by atoms with van der Waals surface area (Å²) >= 11 is 0. The van der Waals surface area contributed by atoms with E-state index in [0.717, 1.165) is 5.56 Å². The predicted octanol–water partition coefficient (Wildman–Crippen LogP) is 2.38. The van der Waals surface area contributed by atoms with Gasteiger partial charge in [-0.1, -0.05) is 31.2 Å². The summed E-state index contributed by atoms with van der Waals surface area (Å²) in [6, 6.07) is 7.21. The van der Waals surface area contributed by atoms with Gasteiger partial charge in [0.15, 0.2) is 0 Å². The number of sulfone groups is 1. The van der Waals surface area contributed by atoms with Crippen LogP contribution in [-0.2, 0) is 14.6 Å². The molecule has 0 amide bonds. The number of hydrogen-bond acceptors (Lipinski definition) is 3. The van der Waals surface area contributed by atoms with Gasteiger partial charge in [0, 0.05) is 5.75 Å². The summed E-state index contributed by atoms with van der Waals surface area (Å²) in [6.45, 7) is 3.64. The zero-order valence-electron chi connectivity index (χ0n) is 11.3. The average molecular weight is 284 g/mol. The highest BCUT2D eigenvalue weighted by molar-refractivity contribution is 7.91. The SMILES string of the molecule is CCCS(=O)(=O)CCC(C(=O)O)c1ccccc1C. The first kappa shape index (κ1) is 15.7. The molecule has 4 nitrogen and oxygen atoms in total. The molecule has 19 heavy (non-hydrogen) atoms. The van der Waals surface area contributed by atoms with Crippen LogP contribution in [-0.4, -0.2) is 31.0 Å². The lowest BCUT2D eigenvalue weighted by Gasteiger charge is -2.15. The fourth-order valence-corrected chi connectivity index (χ4v) is 3.52. The zero-order chi connectivity index (χ0) is 14.5. The van der Waals surface area contributed by atoms with Crippen LogP contribution < -0.4 is 0 Å². The Morgan fingerprint density at radius 3 is 2.42 bits per heavy atom. The quantitative estimate of drug-likeness (QED) is 0.834. The Balaban J connectivity index is 2.87. The Labute approximate surface area is 114 Å². The van der Waals surface area contributed by atoms with Gasteiger partial charge in [-0.3, -0.25) is 4.79 Å². The molecular formula is C14H20O4S. The van der Waals surface area contributed by atoms with Gasteiger partial charge < -0.3 is 5.11 Å². The third-order valence-corrected chi connectivity index (χ3v) is 4.98. The van der Waals surface area contributed by atoms with Crippen LogP contribution in [0.25, 0.3) is 0 Å². The van der Waals surface area contributed by atoms with Gasteiger partial charge in [0.2, 0.25) is 0 Å². The van der Waals surface area contributed by atoms with Crippen LogP contribution in [0.15, 0.2) is 24.3 Å². The van der Waals surface area contributed by atoms with Crippen molar-refractivity contribution in [1.29, 1.82) is 0 Å². The Hall–Kier alpha value is -1.36. The van der Waals surface area contributed by atoms with E-state index in [-0.39, 0.29) is 17.9 Å². The number of aryl methyl sites for hydroxylation is 1. The lowest BCUT2D eigenvalue weighted by atomic mass is 9.93. The van der Waals surface area contributed by atoms with Crippen LogP contribution in [0.2, 0.25) is 0 Å². The number of carboxylic acids is 1. The molecule has 1 atom stereocenters. The van der Waals surface area contributed by atoms with Crippen LogP contribution in [0.1, 0.15) is 36.8 Å². The highest BCUT2D eigenvalue weighted by atomic mass is 32.2. The molecule has 1 N–H and O–H groups in total. The molecule has 0 heterocycles. The van der Waals surface area contributed by atoms with Gasteiger partial charge >= 0.3 is 5.97 Å². The second-order valence-electron chi connectivity index (χ2n) is 4.69. The van der Waals surface area contributed by atoms with Gasteiger partial charge in [-0.05, 0) is 30.9 Å². The molecule has 0 radical (unpaired) electrons. The van der Waals surface area contributed by atoms with Gasteiger partial charge in [0.25, 0.3) is 0 Å². The molecule has 0 spiro atoms. The molecular weight excluding hydrogens is 264 g/mol. The van der Waals surface area contributed by atoms with E-state index in [1.807, 2.05) is 19.1 Å². The predicted molar refractivity (Wildman–Crippen MR) is 75.1 cm³/mol. The fourth-order valence-electron chi connectivity index (χ4n) is 2.10. The van der Waals surface area contributed by atoms with Crippen molar-refractivity contribution in [2.75, 3.05) is 11.5 Å². The van der Waals surface area contributed by atoms with E-state index in [1.165, 1.54) is 0 Å². The van der Waals surface area contributed by atoms with E-state index < -0.39 is 21.7 Å². The topological polar surface area (TPSA) is 71.4 Å². The highest BCUT2D eigenvalue weighted by Gasteiger charge is 2.23. The molecule has 0 fully saturated rings. The summed E-state index contributed by atoms with van der Waals surface area (Å²) in [5, 5.41) is 9.28. The van der Waals surface area contributed by atoms with E-state index in [2.05, 4.69) is 0 Å². The standard InChI is InChI=1S/C14H20O4S/c1-3-9-19(17,18)10-8-13(14(15)16)12-7-5-4-6-11(12)2/h4-7,13H,3,8-10H2,1-2H3,(H,15,16). The first-order valence-corrected chi connectivity index (χ1v) is 8.18. The van der Waals surface area contributed by atoms with E-state index in [4.69, 9.17) is 0 Å². The van der Waals surface area contributed by atoms with Crippen LogP contribution in [0, 0.1) is 6.92 Å². The summed E-state index contributed by atoms with van der Waals surface area (Å²) in [5.74, 6) is -1.69. The van der Waals surface area contributed by atoms with Gasteiger partial charge in [-0.15, -0.1) is 0 Å². The smallest absolute Gasteiger partial charge is 0.311 e. The van der Waals surface area contributed by atoms with Gasteiger partial charge in [-0.2, -0.15) is 0 Å². The molecule has 0 aliphatic heterocycles. The number of carbonyl (C=O) groups is 1. The molecule has 1 unspecified atom stereocenters. The fraction of sp³-hybridized carbons (Fsp3) is 0.500. The average Bonchev–Trinajstić information content (AvgIpc) is 2.31. The molecule has 5 heteroatoms. The largest absolute Gasteiger partial charge is 0.481 e. The molecule has 0 aromatic heterocycles. The first-order valence-electron chi connectivity index (χ1n) is 6.36. The second-order valence-corrected chi connectivity index (χ2v) is 6.99. The Morgan fingerprint density at radius 2 is 1.89 bits per heavy atom.